The zero-order valence-electron chi connectivity index (χ0n) is 16.2. The smallest absolute Gasteiger partial charge is 0.190 e. The summed E-state index contributed by atoms with van der Waals surface area (Å²) in [6.45, 7) is 0.625. The third-order valence-corrected chi connectivity index (χ3v) is 4.59. The maximum Gasteiger partial charge on any atom is 0.190 e. The first-order chi connectivity index (χ1) is 14.1. The number of methoxy groups -OCH3 is 2. The van der Waals surface area contributed by atoms with E-state index in [9.17, 15) is 13.6 Å². The molecular weight excluding hydrogens is 376 g/mol. The summed E-state index contributed by atoms with van der Waals surface area (Å²) in [6, 6.07) is 11.3. The van der Waals surface area contributed by atoms with Gasteiger partial charge < -0.3 is 9.47 Å². The van der Waals surface area contributed by atoms with E-state index in [-0.39, 0.29) is 0 Å². The minimum Gasteiger partial charge on any atom is -0.491 e. The summed E-state index contributed by atoms with van der Waals surface area (Å²) >= 11 is 0. The lowest BCUT2D eigenvalue weighted by Gasteiger charge is -2.13. The molecule has 0 saturated heterocycles. The average molecular weight is 397 g/mol. The van der Waals surface area contributed by atoms with Crippen LogP contribution in [0.25, 0.3) is 22.4 Å². The predicted molar refractivity (Wildman–Crippen MR) is 107 cm³/mol. The van der Waals surface area contributed by atoms with E-state index in [0.29, 0.717) is 23.4 Å². The van der Waals surface area contributed by atoms with Gasteiger partial charge in [-0.05, 0) is 42.2 Å². The molecule has 150 valence electrons. The highest BCUT2D eigenvalue weighted by Gasteiger charge is 2.17. The van der Waals surface area contributed by atoms with E-state index in [1.807, 2.05) is 6.07 Å². The predicted octanol–water partition coefficient (Wildman–Crippen LogP) is 5.09. The highest BCUT2D eigenvalue weighted by molar-refractivity contribution is 5.83. The highest BCUT2D eigenvalue weighted by Crippen LogP contribution is 2.34. The maximum atomic E-state index is 14.3. The van der Waals surface area contributed by atoms with Crippen LogP contribution >= 0.6 is 0 Å². The van der Waals surface area contributed by atoms with Crippen molar-refractivity contribution in [1.29, 1.82) is 0 Å². The van der Waals surface area contributed by atoms with Crippen LogP contribution in [0, 0.1) is 11.6 Å². The van der Waals surface area contributed by atoms with Crippen LogP contribution in [0.3, 0.4) is 0 Å². The van der Waals surface area contributed by atoms with Crippen LogP contribution in [0.15, 0.2) is 48.7 Å². The molecular formula is C23H21F2NO3. The fourth-order valence-corrected chi connectivity index (χ4v) is 3.15. The number of hydrogen-bond acceptors (Lipinski definition) is 4. The molecule has 3 aromatic rings. The Morgan fingerprint density at radius 3 is 2.28 bits per heavy atom. The Morgan fingerprint density at radius 1 is 1.00 bits per heavy atom. The van der Waals surface area contributed by atoms with Gasteiger partial charge in [-0.15, -0.1) is 0 Å². The van der Waals surface area contributed by atoms with E-state index in [2.05, 4.69) is 4.98 Å². The normalized spacial score (nSPS) is 10.8. The number of carbonyl (C=O) groups excluding carboxylic acids is 1. The molecule has 6 heteroatoms. The molecule has 0 aliphatic heterocycles. The molecule has 29 heavy (non-hydrogen) atoms. The lowest BCUT2D eigenvalue weighted by Crippen LogP contribution is -1.99. The Hall–Kier alpha value is -3.12. The largest absolute Gasteiger partial charge is 0.491 e. The Morgan fingerprint density at radius 2 is 1.69 bits per heavy atom. The van der Waals surface area contributed by atoms with Crippen molar-refractivity contribution in [2.24, 2.45) is 0 Å². The summed E-state index contributed by atoms with van der Waals surface area (Å²) < 4.78 is 38.4. The van der Waals surface area contributed by atoms with Gasteiger partial charge in [0.15, 0.2) is 17.4 Å². The number of hydrogen-bond donors (Lipinski definition) is 0. The van der Waals surface area contributed by atoms with Crippen molar-refractivity contribution >= 4 is 6.29 Å². The number of halogens is 2. The van der Waals surface area contributed by atoms with Gasteiger partial charge in [0.05, 0.1) is 12.8 Å². The van der Waals surface area contributed by atoms with Gasteiger partial charge in [-0.25, -0.2) is 8.78 Å². The van der Waals surface area contributed by atoms with Crippen LogP contribution < -0.4 is 4.74 Å². The first-order valence-electron chi connectivity index (χ1n) is 9.14. The second-order valence-electron chi connectivity index (χ2n) is 6.55. The van der Waals surface area contributed by atoms with Gasteiger partial charge in [-0.2, -0.15) is 0 Å². The van der Waals surface area contributed by atoms with Crippen LogP contribution in [0.5, 0.6) is 5.75 Å². The number of nitrogens with zero attached hydrogens (tertiary/aromatic N) is 1. The molecule has 0 N–H and O–H groups in total. The summed E-state index contributed by atoms with van der Waals surface area (Å²) in [7, 11) is 2.86. The van der Waals surface area contributed by atoms with Crippen molar-refractivity contribution in [1.82, 2.24) is 4.98 Å². The average Bonchev–Trinajstić information content (AvgIpc) is 2.73. The molecule has 0 saturated carbocycles. The molecule has 0 atom stereocenters. The van der Waals surface area contributed by atoms with Crippen molar-refractivity contribution in [3.05, 3.63) is 71.4 Å². The Kier molecular flexibility index (Phi) is 6.67. The van der Waals surface area contributed by atoms with Crippen LogP contribution in [0.1, 0.15) is 22.3 Å². The van der Waals surface area contributed by atoms with Crippen LogP contribution in [0.2, 0.25) is 0 Å². The van der Waals surface area contributed by atoms with Gasteiger partial charge in [0.25, 0.3) is 0 Å². The molecule has 0 amide bonds. The zero-order valence-corrected chi connectivity index (χ0v) is 16.2. The number of aromatic nitrogens is 1. The summed E-state index contributed by atoms with van der Waals surface area (Å²) in [5.74, 6) is -2.02. The number of pyridine rings is 1. The fraction of sp³-hybridized carbons (Fsp3) is 0.217. The van der Waals surface area contributed by atoms with Crippen molar-refractivity contribution in [3.63, 3.8) is 0 Å². The fourth-order valence-electron chi connectivity index (χ4n) is 3.15. The zero-order chi connectivity index (χ0) is 20.8. The summed E-state index contributed by atoms with van der Waals surface area (Å²) in [5, 5.41) is 0. The van der Waals surface area contributed by atoms with E-state index in [1.165, 1.54) is 19.2 Å². The SMILES string of the molecule is COCCCc1cnc(-c2cc(F)c(OC)c(F)c2)c(-c2ccc(C=O)cc2)c1. The molecule has 0 unspecified atom stereocenters. The quantitative estimate of drug-likeness (QED) is 0.392. The van der Waals surface area contributed by atoms with E-state index in [0.717, 1.165) is 35.8 Å². The lowest BCUT2D eigenvalue weighted by molar-refractivity contribution is 0.112. The Balaban J connectivity index is 2.11. The molecule has 0 aliphatic carbocycles. The first kappa shape index (κ1) is 20.6. The summed E-state index contributed by atoms with van der Waals surface area (Å²) in [4.78, 5) is 15.5. The van der Waals surface area contributed by atoms with Crippen molar-refractivity contribution in [2.45, 2.75) is 12.8 Å². The number of ether oxygens (including phenoxy) is 2. The third kappa shape index (κ3) is 4.66. The molecule has 4 nitrogen and oxygen atoms in total. The minimum absolute atomic E-state index is 0.304. The third-order valence-electron chi connectivity index (χ3n) is 4.59. The number of carbonyl (C=O) groups is 1. The second-order valence-corrected chi connectivity index (χ2v) is 6.55. The molecule has 1 heterocycles. The van der Waals surface area contributed by atoms with E-state index >= 15 is 0 Å². The van der Waals surface area contributed by atoms with Crippen molar-refractivity contribution < 1.29 is 23.0 Å². The first-order valence-corrected chi connectivity index (χ1v) is 9.14. The number of rotatable bonds is 8. The lowest BCUT2D eigenvalue weighted by atomic mass is 9.96. The molecule has 0 aliphatic rings. The number of benzene rings is 2. The molecule has 3 rings (SSSR count). The van der Waals surface area contributed by atoms with Crippen molar-refractivity contribution in [3.8, 4) is 28.1 Å². The molecule has 0 radical (unpaired) electrons. The highest BCUT2D eigenvalue weighted by atomic mass is 19.1. The van der Waals surface area contributed by atoms with Crippen molar-refractivity contribution in [2.75, 3.05) is 20.8 Å². The molecule has 0 bridgehead atoms. The molecule has 0 fully saturated rings. The summed E-state index contributed by atoms with van der Waals surface area (Å²) in [5.41, 5.74) is 3.79. The monoisotopic (exact) mass is 397 g/mol. The van der Waals surface area contributed by atoms with Gasteiger partial charge in [0, 0.05) is 36.6 Å². The van der Waals surface area contributed by atoms with Gasteiger partial charge in [0.1, 0.15) is 6.29 Å². The van der Waals surface area contributed by atoms with Gasteiger partial charge in [-0.3, -0.25) is 9.78 Å². The van der Waals surface area contributed by atoms with Crippen LogP contribution in [0.4, 0.5) is 8.78 Å². The van der Waals surface area contributed by atoms with Gasteiger partial charge >= 0.3 is 0 Å². The van der Waals surface area contributed by atoms with E-state index in [1.54, 1.807) is 37.6 Å². The van der Waals surface area contributed by atoms with E-state index < -0.39 is 17.4 Å². The second kappa shape index (κ2) is 9.39. The van der Waals surface area contributed by atoms with Gasteiger partial charge in [-0.1, -0.05) is 24.3 Å². The summed E-state index contributed by atoms with van der Waals surface area (Å²) in [6.07, 6.45) is 4.05. The topological polar surface area (TPSA) is 48.4 Å². The van der Waals surface area contributed by atoms with E-state index in [4.69, 9.17) is 9.47 Å². The molecule has 2 aromatic carbocycles. The Labute approximate surface area is 168 Å². The van der Waals surface area contributed by atoms with Gasteiger partial charge in [0.2, 0.25) is 0 Å². The minimum atomic E-state index is -0.796. The number of aryl methyl sites for hydroxylation is 1. The maximum absolute atomic E-state index is 14.3. The standard InChI is InChI=1S/C23H21F2NO3/c1-28-9-3-4-16-10-19(17-7-5-15(14-27)6-8-17)22(26-13-16)18-11-20(24)23(29-2)21(25)12-18/h5-8,10-14H,3-4,9H2,1-2H3. The Bertz CT molecular complexity index is 980. The number of aldehydes is 1. The van der Waals surface area contributed by atoms with Crippen LogP contribution in [-0.4, -0.2) is 32.1 Å². The van der Waals surface area contributed by atoms with Crippen LogP contribution in [-0.2, 0) is 11.2 Å². The molecule has 0 spiro atoms. The molecule has 1 aromatic heterocycles.